The minimum atomic E-state index is -0.0335. The van der Waals surface area contributed by atoms with Crippen LogP contribution in [0.1, 0.15) is 12.6 Å². The van der Waals surface area contributed by atoms with Crippen LogP contribution in [0.2, 0.25) is 0 Å². The summed E-state index contributed by atoms with van der Waals surface area (Å²) in [5.74, 6) is 0.433. The van der Waals surface area contributed by atoms with Crippen LogP contribution < -0.4 is 11.3 Å². The van der Waals surface area contributed by atoms with E-state index >= 15 is 0 Å². The van der Waals surface area contributed by atoms with Gasteiger partial charge in [0.25, 0.3) is 5.56 Å². The molecule has 0 atom stereocenters. The fraction of sp³-hybridized carbons (Fsp3) is 0.150. The molecule has 29 heavy (non-hydrogen) atoms. The van der Waals surface area contributed by atoms with Gasteiger partial charge >= 0.3 is 0 Å². The van der Waals surface area contributed by atoms with Gasteiger partial charge in [0.2, 0.25) is 0 Å². The van der Waals surface area contributed by atoms with Gasteiger partial charge < -0.3 is 15.7 Å². The minimum absolute atomic E-state index is 0.0335. The average Bonchev–Trinajstić information content (AvgIpc) is 3.37. The van der Waals surface area contributed by atoms with Crippen molar-refractivity contribution in [3.63, 3.8) is 0 Å². The van der Waals surface area contributed by atoms with Crippen LogP contribution in [0.5, 0.6) is 0 Å². The second-order valence-electron chi connectivity index (χ2n) is 6.51. The summed E-state index contributed by atoms with van der Waals surface area (Å²) in [6.07, 6.45) is 7.44. The molecule has 4 heterocycles. The lowest BCUT2D eigenvalue weighted by Crippen LogP contribution is -2.09. The van der Waals surface area contributed by atoms with Gasteiger partial charge in [-0.3, -0.25) is 9.48 Å². The van der Waals surface area contributed by atoms with Gasteiger partial charge in [-0.1, -0.05) is 25.1 Å². The number of fused-ring (bicyclic) bond motifs is 2. The zero-order valence-corrected chi connectivity index (χ0v) is 16.0. The summed E-state index contributed by atoms with van der Waals surface area (Å²) in [6, 6.07) is 7.95. The highest BCUT2D eigenvalue weighted by Crippen LogP contribution is 2.25. The fourth-order valence-electron chi connectivity index (χ4n) is 3.15. The second-order valence-corrected chi connectivity index (χ2v) is 6.51. The maximum absolute atomic E-state index is 12.3. The molecule has 0 fully saturated rings. The summed E-state index contributed by atoms with van der Waals surface area (Å²) in [6.45, 7) is 2.03. The number of hydrogen-bond donors (Lipinski definition) is 3. The van der Waals surface area contributed by atoms with Gasteiger partial charge in [0.05, 0.1) is 17.9 Å². The highest BCUT2D eigenvalue weighted by molar-refractivity contribution is 5.95. The van der Waals surface area contributed by atoms with E-state index in [4.69, 9.17) is 5.73 Å². The number of aryl methyl sites for hydroxylation is 2. The van der Waals surface area contributed by atoms with E-state index in [1.807, 2.05) is 44.4 Å². The maximum atomic E-state index is 12.3. The molecule has 5 rings (SSSR count). The van der Waals surface area contributed by atoms with Gasteiger partial charge in [-0.25, -0.2) is 15.0 Å². The first-order chi connectivity index (χ1) is 14.1. The molecular weight excluding hydrogens is 368 g/mol. The molecule has 9 nitrogen and oxygen atoms in total. The van der Waals surface area contributed by atoms with Gasteiger partial charge in [0.15, 0.2) is 11.5 Å². The van der Waals surface area contributed by atoms with Gasteiger partial charge in [0, 0.05) is 24.5 Å². The number of aromatic amines is 2. The molecule has 0 aliphatic heterocycles. The Labute approximate surface area is 165 Å². The molecular formula is C20H20N8O. The lowest BCUT2D eigenvalue weighted by Gasteiger charge is -2.05. The second kappa shape index (κ2) is 7.55. The first-order valence-corrected chi connectivity index (χ1v) is 9.10. The topological polar surface area (TPSA) is 131 Å². The summed E-state index contributed by atoms with van der Waals surface area (Å²) in [5, 5.41) is 5.87. The summed E-state index contributed by atoms with van der Waals surface area (Å²) in [5.41, 5.74) is 9.59. The molecule has 0 unspecified atom stereocenters. The standard InChI is InChI=1S/C15H15N3O.C5H5N5/c1-3-12-7-10-5-4-6-13(14(10)15(19)17-12)11-8-16-18(2)9-11;6-4-3-5(9-1-7-3)10-2-8-4/h4-9H,3H2,1-2H3,(H,17,19);1-2H,(H3,6,7,8,9,10). The van der Waals surface area contributed by atoms with Gasteiger partial charge in [-0.15, -0.1) is 0 Å². The van der Waals surface area contributed by atoms with Crippen LogP contribution in [0.3, 0.4) is 0 Å². The van der Waals surface area contributed by atoms with E-state index in [0.29, 0.717) is 17.0 Å². The molecule has 0 aliphatic rings. The molecule has 1 aromatic carbocycles. The highest BCUT2D eigenvalue weighted by Gasteiger charge is 2.09. The zero-order chi connectivity index (χ0) is 20.4. The summed E-state index contributed by atoms with van der Waals surface area (Å²) < 4.78 is 1.74. The smallest absolute Gasteiger partial charge is 0.256 e. The van der Waals surface area contributed by atoms with E-state index in [0.717, 1.165) is 34.0 Å². The molecule has 0 aliphatic carbocycles. The van der Waals surface area contributed by atoms with Crippen LogP contribution in [0.4, 0.5) is 5.82 Å². The third-order valence-corrected chi connectivity index (χ3v) is 4.58. The number of pyridine rings is 1. The number of nitrogens with two attached hydrogens (primary N) is 1. The van der Waals surface area contributed by atoms with Crippen molar-refractivity contribution in [3.05, 3.63) is 65.4 Å². The average molecular weight is 388 g/mol. The van der Waals surface area contributed by atoms with Crippen molar-refractivity contribution in [2.75, 3.05) is 5.73 Å². The summed E-state index contributed by atoms with van der Waals surface area (Å²) in [4.78, 5) is 29.6. The van der Waals surface area contributed by atoms with Crippen LogP contribution in [-0.4, -0.2) is 34.7 Å². The lowest BCUT2D eigenvalue weighted by molar-refractivity contribution is 0.768. The highest BCUT2D eigenvalue weighted by atomic mass is 16.1. The predicted molar refractivity (Wildman–Crippen MR) is 112 cm³/mol. The fourth-order valence-corrected chi connectivity index (χ4v) is 3.15. The molecule has 0 bridgehead atoms. The number of imidazole rings is 1. The molecule has 5 aromatic rings. The number of hydrogen-bond acceptors (Lipinski definition) is 6. The maximum Gasteiger partial charge on any atom is 0.256 e. The molecule has 0 spiro atoms. The van der Waals surface area contributed by atoms with Crippen LogP contribution in [0.15, 0.2) is 54.1 Å². The van der Waals surface area contributed by atoms with Gasteiger partial charge in [-0.2, -0.15) is 5.10 Å². The van der Waals surface area contributed by atoms with Crippen molar-refractivity contribution in [1.29, 1.82) is 0 Å². The van der Waals surface area contributed by atoms with E-state index in [1.165, 1.54) is 12.7 Å². The Morgan fingerprint density at radius 1 is 1.21 bits per heavy atom. The number of nitrogens with one attached hydrogen (secondary N) is 2. The third-order valence-electron chi connectivity index (χ3n) is 4.58. The Morgan fingerprint density at radius 2 is 2.07 bits per heavy atom. The molecule has 0 amide bonds. The van der Waals surface area contributed by atoms with Crippen LogP contribution in [0.25, 0.3) is 33.1 Å². The van der Waals surface area contributed by atoms with Crippen molar-refractivity contribution >= 4 is 27.8 Å². The van der Waals surface area contributed by atoms with Crippen LogP contribution in [-0.2, 0) is 13.5 Å². The number of rotatable bonds is 2. The number of benzene rings is 1. The molecule has 9 heteroatoms. The van der Waals surface area contributed by atoms with E-state index in [-0.39, 0.29) is 5.56 Å². The van der Waals surface area contributed by atoms with Crippen molar-refractivity contribution < 1.29 is 0 Å². The quantitative estimate of drug-likeness (QED) is 0.426. The Kier molecular flexibility index (Phi) is 4.78. The largest absolute Gasteiger partial charge is 0.382 e. The summed E-state index contributed by atoms with van der Waals surface area (Å²) in [7, 11) is 1.87. The number of H-pyrrole nitrogens is 2. The zero-order valence-electron chi connectivity index (χ0n) is 16.0. The van der Waals surface area contributed by atoms with Gasteiger partial charge in [-0.05, 0) is 23.4 Å². The normalized spacial score (nSPS) is 10.8. The van der Waals surface area contributed by atoms with Gasteiger partial charge in [0.1, 0.15) is 11.8 Å². The SMILES string of the molecule is CCc1cc2cccc(-c3cnn(C)c3)c2c(=O)[nH]1.Nc1ncnc2nc[nH]c12. The van der Waals surface area contributed by atoms with E-state index in [9.17, 15) is 4.79 Å². The molecule has 0 saturated heterocycles. The van der Waals surface area contributed by atoms with Crippen LogP contribution in [0, 0.1) is 0 Å². The van der Waals surface area contributed by atoms with E-state index in [2.05, 4.69) is 30.0 Å². The molecule has 4 aromatic heterocycles. The van der Waals surface area contributed by atoms with Crippen molar-refractivity contribution in [2.45, 2.75) is 13.3 Å². The lowest BCUT2D eigenvalue weighted by atomic mass is 10.0. The number of aromatic nitrogens is 7. The van der Waals surface area contributed by atoms with Crippen LogP contribution >= 0.6 is 0 Å². The van der Waals surface area contributed by atoms with E-state index < -0.39 is 0 Å². The van der Waals surface area contributed by atoms with Crippen molar-refractivity contribution in [2.24, 2.45) is 7.05 Å². The Hall–Kier alpha value is -4.01. The van der Waals surface area contributed by atoms with Crippen molar-refractivity contribution in [1.82, 2.24) is 34.7 Å². The Morgan fingerprint density at radius 3 is 2.79 bits per heavy atom. The molecule has 4 N–H and O–H groups in total. The van der Waals surface area contributed by atoms with E-state index in [1.54, 1.807) is 10.9 Å². The number of anilines is 1. The third kappa shape index (κ3) is 3.57. The first kappa shape index (κ1) is 18.4. The number of nitrogens with zero attached hydrogens (tertiary/aromatic N) is 5. The molecule has 146 valence electrons. The first-order valence-electron chi connectivity index (χ1n) is 9.10. The predicted octanol–water partition coefficient (Wildman–Crippen LogP) is 2.43. The minimum Gasteiger partial charge on any atom is -0.382 e. The number of nitrogen functional groups attached to an aromatic ring is 1. The van der Waals surface area contributed by atoms with Crippen molar-refractivity contribution in [3.8, 4) is 11.1 Å². The monoisotopic (exact) mass is 388 g/mol. The molecule has 0 radical (unpaired) electrons. The summed E-state index contributed by atoms with van der Waals surface area (Å²) >= 11 is 0. The molecule has 0 saturated carbocycles. The Balaban J connectivity index is 0.000000171. The Bertz CT molecular complexity index is 1350.